The van der Waals surface area contributed by atoms with Crippen molar-refractivity contribution in [3.8, 4) is 0 Å². The average Bonchev–Trinajstić information content (AvgIpc) is 2.36. The van der Waals surface area contributed by atoms with E-state index in [1.165, 1.54) is 19.3 Å². The first-order valence-corrected chi connectivity index (χ1v) is 8.42. The quantitative estimate of drug-likeness (QED) is 0.719. The van der Waals surface area contributed by atoms with Crippen molar-refractivity contribution >= 4 is 0 Å². The molecule has 0 aliphatic heterocycles. The molecule has 0 radical (unpaired) electrons. The zero-order chi connectivity index (χ0) is 15.1. The van der Waals surface area contributed by atoms with Crippen molar-refractivity contribution in [2.24, 2.45) is 17.8 Å². The van der Waals surface area contributed by atoms with Gasteiger partial charge in [0.05, 0.1) is 12.7 Å². The Morgan fingerprint density at radius 2 is 1.90 bits per heavy atom. The van der Waals surface area contributed by atoms with Crippen LogP contribution in [0, 0.1) is 17.8 Å². The van der Waals surface area contributed by atoms with E-state index >= 15 is 0 Å². The van der Waals surface area contributed by atoms with E-state index in [0.717, 1.165) is 18.9 Å². The first-order valence-electron chi connectivity index (χ1n) is 8.42. The molecule has 0 bridgehead atoms. The minimum atomic E-state index is 0.161. The molecule has 4 atom stereocenters. The molecular formula is C17H35NO2. The number of nitrogens with one attached hydrogen (secondary N) is 1. The zero-order valence-corrected chi connectivity index (χ0v) is 14.1. The van der Waals surface area contributed by atoms with Gasteiger partial charge in [-0.25, -0.2) is 0 Å². The third-order valence-corrected chi connectivity index (χ3v) is 4.55. The average molecular weight is 285 g/mol. The van der Waals surface area contributed by atoms with Gasteiger partial charge in [-0.1, -0.05) is 41.0 Å². The van der Waals surface area contributed by atoms with Crippen LogP contribution in [-0.2, 0) is 4.74 Å². The SMILES string of the molecule is CC1CCC(C(C)C)C(OCCC(CO)NC(C)C)C1. The summed E-state index contributed by atoms with van der Waals surface area (Å²) in [5, 5.41) is 12.8. The van der Waals surface area contributed by atoms with Crippen molar-refractivity contribution in [1.82, 2.24) is 5.32 Å². The topological polar surface area (TPSA) is 41.5 Å². The maximum atomic E-state index is 9.38. The summed E-state index contributed by atoms with van der Waals surface area (Å²) >= 11 is 0. The smallest absolute Gasteiger partial charge is 0.0608 e. The van der Waals surface area contributed by atoms with Gasteiger partial charge < -0.3 is 15.2 Å². The highest BCUT2D eigenvalue weighted by Gasteiger charge is 2.31. The fourth-order valence-corrected chi connectivity index (χ4v) is 3.37. The molecule has 3 nitrogen and oxygen atoms in total. The molecule has 1 aliphatic rings. The summed E-state index contributed by atoms with van der Waals surface area (Å²) in [6.07, 6.45) is 5.15. The van der Waals surface area contributed by atoms with E-state index in [1.807, 2.05) is 0 Å². The van der Waals surface area contributed by atoms with Crippen molar-refractivity contribution < 1.29 is 9.84 Å². The number of hydrogen-bond donors (Lipinski definition) is 2. The van der Waals surface area contributed by atoms with Crippen LogP contribution in [0.15, 0.2) is 0 Å². The van der Waals surface area contributed by atoms with E-state index in [-0.39, 0.29) is 12.6 Å². The van der Waals surface area contributed by atoms with E-state index in [4.69, 9.17) is 4.74 Å². The lowest BCUT2D eigenvalue weighted by molar-refractivity contribution is -0.0422. The standard InChI is InChI=1S/C17H35NO2/c1-12(2)16-7-6-14(5)10-17(16)20-9-8-15(11-19)18-13(3)4/h12-19H,6-11H2,1-5H3. The van der Waals surface area contributed by atoms with Crippen LogP contribution in [-0.4, -0.2) is 36.5 Å². The van der Waals surface area contributed by atoms with E-state index in [0.29, 0.717) is 24.0 Å². The molecule has 20 heavy (non-hydrogen) atoms. The molecular weight excluding hydrogens is 250 g/mol. The Hall–Kier alpha value is -0.120. The normalized spacial score (nSPS) is 29.1. The molecule has 0 aromatic carbocycles. The second-order valence-electron chi connectivity index (χ2n) is 7.22. The minimum absolute atomic E-state index is 0.161. The van der Waals surface area contributed by atoms with E-state index in [2.05, 4.69) is 39.9 Å². The fraction of sp³-hybridized carbons (Fsp3) is 1.00. The highest BCUT2D eigenvalue weighted by Crippen LogP contribution is 2.35. The van der Waals surface area contributed by atoms with Crippen LogP contribution in [0.1, 0.15) is 60.3 Å². The van der Waals surface area contributed by atoms with Crippen molar-refractivity contribution in [3.05, 3.63) is 0 Å². The Kier molecular flexibility index (Phi) is 8.08. The van der Waals surface area contributed by atoms with Crippen LogP contribution >= 0.6 is 0 Å². The van der Waals surface area contributed by atoms with Crippen molar-refractivity contribution in [3.63, 3.8) is 0 Å². The Balaban J connectivity index is 2.37. The molecule has 0 spiro atoms. The second kappa shape index (κ2) is 9.01. The molecule has 0 aromatic rings. The molecule has 0 saturated heterocycles. The molecule has 0 aromatic heterocycles. The first-order chi connectivity index (χ1) is 9.43. The lowest BCUT2D eigenvalue weighted by Gasteiger charge is -2.37. The van der Waals surface area contributed by atoms with Gasteiger partial charge in [0.25, 0.3) is 0 Å². The summed E-state index contributed by atoms with van der Waals surface area (Å²) in [5.41, 5.74) is 0. The predicted molar refractivity (Wildman–Crippen MR) is 84.8 cm³/mol. The van der Waals surface area contributed by atoms with Gasteiger partial charge in [-0.15, -0.1) is 0 Å². The Morgan fingerprint density at radius 3 is 2.45 bits per heavy atom. The van der Waals surface area contributed by atoms with Crippen LogP contribution in [0.5, 0.6) is 0 Å². The van der Waals surface area contributed by atoms with Gasteiger partial charge in [0.1, 0.15) is 0 Å². The fourth-order valence-electron chi connectivity index (χ4n) is 3.37. The van der Waals surface area contributed by atoms with Gasteiger partial charge >= 0.3 is 0 Å². The maximum Gasteiger partial charge on any atom is 0.0608 e. The van der Waals surface area contributed by atoms with Crippen LogP contribution < -0.4 is 5.32 Å². The third kappa shape index (κ3) is 6.11. The zero-order valence-electron chi connectivity index (χ0n) is 14.1. The number of aliphatic hydroxyl groups excluding tert-OH is 1. The second-order valence-corrected chi connectivity index (χ2v) is 7.22. The van der Waals surface area contributed by atoms with Crippen molar-refractivity contribution in [1.29, 1.82) is 0 Å². The number of ether oxygens (including phenoxy) is 1. The van der Waals surface area contributed by atoms with Gasteiger partial charge in [0, 0.05) is 18.7 Å². The summed E-state index contributed by atoms with van der Waals surface area (Å²) in [5.74, 6) is 2.20. The largest absolute Gasteiger partial charge is 0.395 e. The van der Waals surface area contributed by atoms with Crippen LogP contribution in [0.2, 0.25) is 0 Å². The first kappa shape index (κ1) is 17.9. The maximum absolute atomic E-state index is 9.38. The summed E-state index contributed by atoms with van der Waals surface area (Å²) < 4.78 is 6.19. The Labute approximate surface area is 125 Å². The van der Waals surface area contributed by atoms with Crippen molar-refractivity contribution in [2.45, 2.75) is 78.5 Å². The Morgan fingerprint density at radius 1 is 1.20 bits per heavy atom. The monoisotopic (exact) mass is 285 g/mol. The van der Waals surface area contributed by atoms with Crippen LogP contribution in [0.3, 0.4) is 0 Å². The molecule has 3 heteroatoms. The van der Waals surface area contributed by atoms with E-state index < -0.39 is 0 Å². The van der Waals surface area contributed by atoms with E-state index in [9.17, 15) is 5.11 Å². The minimum Gasteiger partial charge on any atom is -0.395 e. The molecule has 1 saturated carbocycles. The molecule has 120 valence electrons. The molecule has 1 fully saturated rings. The molecule has 1 rings (SSSR count). The predicted octanol–water partition coefficient (Wildman–Crippen LogP) is 3.21. The molecule has 0 amide bonds. The Bertz CT molecular complexity index is 255. The number of hydrogen-bond acceptors (Lipinski definition) is 3. The third-order valence-electron chi connectivity index (χ3n) is 4.55. The number of rotatable bonds is 8. The van der Waals surface area contributed by atoms with Gasteiger partial charge in [0.15, 0.2) is 0 Å². The summed E-state index contributed by atoms with van der Waals surface area (Å²) in [6.45, 7) is 12.1. The lowest BCUT2D eigenvalue weighted by Crippen LogP contribution is -2.39. The molecule has 1 aliphatic carbocycles. The number of aliphatic hydroxyl groups is 1. The van der Waals surface area contributed by atoms with Gasteiger partial charge in [-0.2, -0.15) is 0 Å². The van der Waals surface area contributed by atoms with Gasteiger partial charge in [0.2, 0.25) is 0 Å². The molecule has 4 unspecified atom stereocenters. The summed E-state index contributed by atoms with van der Waals surface area (Å²) in [7, 11) is 0. The van der Waals surface area contributed by atoms with Crippen LogP contribution in [0.25, 0.3) is 0 Å². The van der Waals surface area contributed by atoms with E-state index in [1.54, 1.807) is 0 Å². The molecule has 0 heterocycles. The van der Waals surface area contributed by atoms with Gasteiger partial charge in [-0.05, 0) is 37.0 Å². The lowest BCUT2D eigenvalue weighted by atomic mass is 9.75. The summed E-state index contributed by atoms with van der Waals surface area (Å²) in [6, 6.07) is 0.568. The van der Waals surface area contributed by atoms with Crippen molar-refractivity contribution in [2.75, 3.05) is 13.2 Å². The summed E-state index contributed by atoms with van der Waals surface area (Å²) in [4.78, 5) is 0. The highest BCUT2D eigenvalue weighted by molar-refractivity contribution is 4.81. The molecule has 2 N–H and O–H groups in total. The highest BCUT2D eigenvalue weighted by atomic mass is 16.5. The van der Waals surface area contributed by atoms with Gasteiger partial charge in [-0.3, -0.25) is 0 Å². The van der Waals surface area contributed by atoms with Crippen LogP contribution in [0.4, 0.5) is 0 Å².